The molecule has 270 valence electrons. The van der Waals surface area contributed by atoms with Crippen molar-refractivity contribution >= 4 is 29.6 Å². The van der Waals surface area contributed by atoms with Crippen molar-refractivity contribution < 1.29 is 43.2 Å². The zero-order chi connectivity index (χ0) is 37.0. The van der Waals surface area contributed by atoms with Gasteiger partial charge >= 0.3 is 23.9 Å². The van der Waals surface area contributed by atoms with Crippen molar-refractivity contribution in [3.05, 3.63) is 42.1 Å². The maximum absolute atomic E-state index is 13.5. The Kier molecular flexibility index (Phi) is 12.9. The van der Waals surface area contributed by atoms with Gasteiger partial charge in [0, 0.05) is 19.8 Å². The first-order valence-electron chi connectivity index (χ1n) is 16.4. The summed E-state index contributed by atoms with van der Waals surface area (Å²) in [5.74, 6) is -2.47. The first kappa shape index (κ1) is 40.6. The minimum atomic E-state index is -1.58. The van der Waals surface area contributed by atoms with Crippen molar-refractivity contribution in [1.29, 1.82) is 0 Å². The van der Waals surface area contributed by atoms with Crippen LogP contribution in [0, 0.1) is 21.7 Å². The Balaban J connectivity index is 2.74. The summed E-state index contributed by atoms with van der Waals surface area (Å²) >= 11 is 0. The highest BCUT2D eigenvalue weighted by Crippen LogP contribution is 2.35. The average molecular weight is 675 g/mol. The minimum absolute atomic E-state index is 0.333. The first-order chi connectivity index (χ1) is 21.7. The number of aliphatic hydroxyl groups excluding tert-OH is 1. The lowest BCUT2D eigenvalue weighted by atomic mass is 9.89. The fourth-order valence-corrected chi connectivity index (χ4v) is 4.42. The lowest BCUT2D eigenvalue weighted by molar-refractivity contribution is -0.247. The zero-order valence-corrected chi connectivity index (χ0v) is 31.4. The van der Waals surface area contributed by atoms with Gasteiger partial charge in [-0.05, 0) is 113 Å². The molecule has 1 aromatic rings. The molecule has 11 heteroatoms. The van der Waals surface area contributed by atoms with Crippen molar-refractivity contribution in [1.82, 2.24) is 4.90 Å². The molecule has 11 nitrogen and oxygen atoms in total. The van der Waals surface area contributed by atoms with Gasteiger partial charge in [0.1, 0.15) is 12.6 Å². The molecule has 1 saturated heterocycles. The number of hydrogen-bond acceptors (Lipinski definition) is 11. The second-order valence-corrected chi connectivity index (χ2v) is 16.8. The molecular weight excluding hydrogens is 616 g/mol. The number of anilines is 1. The van der Waals surface area contributed by atoms with Crippen LogP contribution in [0.15, 0.2) is 36.5 Å². The van der Waals surface area contributed by atoms with E-state index in [-0.39, 0.29) is 6.61 Å². The van der Waals surface area contributed by atoms with Crippen LogP contribution in [0.4, 0.5) is 5.69 Å². The molecule has 1 heterocycles. The van der Waals surface area contributed by atoms with E-state index in [9.17, 15) is 24.3 Å². The van der Waals surface area contributed by atoms with Crippen LogP contribution in [-0.2, 0) is 44.5 Å². The summed E-state index contributed by atoms with van der Waals surface area (Å²) in [6.07, 6.45) is -1.93. The van der Waals surface area contributed by atoms with Gasteiger partial charge in [-0.25, -0.2) is 0 Å². The van der Waals surface area contributed by atoms with Crippen LogP contribution in [0.5, 0.6) is 0 Å². The van der Waals surface area contributed by atoms with Gasteiger partial charge in [-0.1, -0.05) is 18.2 Å². The number of carbonyl (C=O) groups is 4. The predicted octanol–water partition coefficient (Wildman–Crippen LogP) is 5.27. The smallest absolute Gasteiger partial charge is 0.311 e. The molecule has 1 aliphatic rings. The number of esters is 4. The van der Waals surface area contributed by atoms with Crippen LogP contribution in [0.2, 0.25) is 0 Å². The fourth-order valence-electron chi connectivity index (χ4n) is 4.42. The van der Waals surface area contributed by atoms with E-state index >= 15 is 0 Å². The molecule has 0 saturated carbocycles. The van der Waals surface area contributed by atoms with E-state index in [4.69, 9.17) is 18.9 Å². The maximum Gasteiger partial charge on any atom is 0.311 e. The molecule has 48 heavy (non-hydrogen) atoms. The Morgan fingerprint density at radius 1 is 0.688 bits per heavy atom. The van der Waals surface area contributed by atoms with Crippen LogP contribution in [0.3, 0.4) is 0 Å². The topological polar surface area (TPSA) is 132 Å². The number of likely N-dealkylation sites (tertiary alicyclic amines) is 1. The third-order valence-electron chi connectivity index (χ3n) is 7.66. The van der Waals surface area contributed by atoms with E-state index in [1.807, 2.05) is 43.3 Å². The number of aliphatic hydroxyl groups is 1. The highest BCUT2D eigenvalue weighted by molar-refractivity contribution is 5.78. The summed E-state index contributed by atoms with van der Waals surface area (Å²) in [6.45, 7) is 19.8. The molecule has 1 fully saturated rings. The lowest BCUT2D eigenvalue weighted by Gasteiger charge is -2.50. The fraction of sp³-hybridized carbons (Fsp3) is 0.676. The van der Waals surface area contributed by atoms with Crippen molar-refractivity contribution in [2.45, 2.75) is 120 Å². The maximum atomic E-state index is 13.5. The number of ether oxygens (including phenoxy) is 4. The summed E-state index contributed by atoms with van der Waals surface area (Å²) in [6, 6.07) is 6.92. The second kappa shape index (κ2) is 15.3. The Morgan fingerprint density at radius 3 is 1.52 bits per heavy atom. The van der Waals surface area contributed by atoms with Crippen molar-refractivity contribution in [3.63, 3.8) is 0 Å². The average Bonchev–Trinajstić information content (AvgIpc) is 2.94. The van der Waals surface area contributed by atoms with Gasteiger partial charge in [0.15, 0.2) is 24.5 Å². The molecular formula is C37H58N2O9. The molecule has 5 atom stereocenters. The molecule has 0 amide bonds. The number of hydrogen-bond donors (Lipinski definition) is 1. The molecule has 1 aromatic carbocycles. The molecule has 2 rings (SSSR count). The van der Waals surface area contributed by atoms with E-state index in [1.54, 1.807) is 95.4 Å². The molecule has 1 aliphatic heterocycles. The number of nitrogens with zero attached hydrogens (tertiary/aromatic N) is 2. The standard InChI is InChI=1S/C37H58N2O9/c1-34(2,3)30(41)45-22-25-26(46-31(42)35(4,5)6)27(47-32(43)36(7,8)9)28(48-33(44)37(10,11)12)29(40)39(25)21-15-16-23-17-19-24(20-18-23)38(13)14/h15,17-21,25-29,40H,16,22H2,1-14H3/b21-15+/t25?,26-,27-,28?,29?/m1/s1. The number of carbonyl (C=O) groups excluding carboxylic acids is 4. The van der Waals surface area contributed by atoms with Gasteiger partial charge in [-0.2, -0.15) is 0 Å². The van der Waals surface area contributed by atoms with Crippen molar-refractivity contribution in [3.8, 4) is 0 Å². The third kappa shape index (κ3) is 11.0. The molecule has 0 spiro atoms. The lowest BCUT2D eigenvalue weighted by Crippen LogP contribution is -2.69. The number of piperidine rings is 1. The van der Waals surface area contributed by atoms with E-state index in [1.165, 1.54) is 4.90 Å². The van der Waals surface area contributed by atoms with Gasteiger partial charge in [-0.3, -0.25) is 19.2 Å². The predicted molar refractivity (Wildman–Crippen MR) is 184 cm³/mol. The van der Waals surface area contributed by atoms with Crippen molar-refractivity contribution in [2.75, 3.05) is 25.6 Å². The van der Waals surface area contributed by atoms with E-state index in [0.29, 0.717) is 6.42 Å². The molecule has 0 radical (unpaired) electrons. The van der Waals surface area contributed by atoms with Gasteiger partial charge in [0.25, 0.3) is 0 Å². The number of rotatable bonds is 9. The van der Waals surface area contributed by atoms with Crippen LogP contribution in [-0.4, -0.2) is 85.2 Å². The molecule has 1 N–H and O–H groups in total. The molecule has 0 aliphatic carbocycles. The highest BCUT2D eigenvalue weighted by atomic mass is 16.6. The largest absolute Gasteiger partial charge is 0.463 e. The van der Waals surface area contributed by atoms with Gasteiger partial charge in [0.05, 0.1) is 21.7 Å². The summed E-state index contributed by atoms with van der Waals surface area (Å²) in [5.41, 5.74) is -1.77. The Bertz CT molecular complexity index is 1310. The van der Waals surface area contributed by atoms with E-state index in [0.717, 1.165) is 11.3 Å². The minimum Gasteiger partial charge on any atom is -0.463 e. The summed E-state index contributed by atoms with van der Waals surface area (Å²) in [4.78, 5) is 56.6. The van der Waals surface area contributed by atoms with Gasteiger partial charge < -0.3 is 33.9 Å². The van der Waals surface area contributed by atoms with E-state index < -0.39 is 76.1 Å². The normalized spacial score (nSPS) is 22.2. The van der Waals surface area contributed by atoms with Crippen molar-refractivity contribution in [2.24, 2.45) is 21.7 Å². The second-order valence-electron chi connectivity index (χ2n) is 16.8. The molecule has 0 aromatic heterocycles. The Morgan fingerprint density at radius 2 is 1.10 bits per heavy atom. The summed E-state index contributed by atoms with van der Waals surface area (Å²) in [5, 5.41) is 12.0. The molecule has 0 bridgehead atoms. The molecule has 3 unspecified atom stereocenters. The monoisotopic (exact) mass is 674 g/mol. The van der Waals surface area contributed by atoms with Crippen LogP contribution >= 0.6 is 0 Å². The van der Waals surface area contributed by atoms with Gasteiger partial charge in [-0.15, -0.1) is 0 Å². The van der Waals surface area contributed by atoms with E-state index in [2.05, 4.69) is 0 Å². The summed E-state index contributed by atoms with van der Waals surface area (Å²) in [7, 11) is 3.91. The Hall–Kier alpha value is -3.60. The Labute approximate surface area is 286 Å². The number of benzene rings is 1. The van der Waals surface area contributed by atoms with Crippen LogP contribution in [0.25, 0.3) is 0 Å². The SMILES string of the molecule is CN(C)c1ccc(C/C=C/N2C(O)C(OC(=O)C(C)(C)C)[C@H](OC(=O)C(C)(C)C)[C@H](OC(=O)C(C)(C)C)C2COC(=O)C(C)(C)C)cc1. The quantitative estimate of drug-likeness (QED) is 0.271. The van der Waals surface area contributed by atoms with Crippen LogP contribution in [0.1, 0.15) is 88.6 Å². The number of allylic oxidation sites excluding steroid dienone is 1. The van der Waals surface area contributed by atoms with Gasteiger partial charge in [0.2, 0.25) is 0 Å². The third-order valence-corrected chi connectivity index (χ3v) is 7.66. The zero-order valence-electron chi connectivity index (χ0n) is 31.4. The highest BCUT2D eigenvalue weighted by Gasteiger charge is 2.56. The summed E-state index contributed by atoms with van der Waals surface area (Å²) < 4.78 is 23.7. The first-order valence-corrected chi connectivity index (χ1v) is 16.4. The van der Waals surface area contributed by atoms with Crippen LogP contribution < -0.4 is 4.90 Å².